The third-order valence-electron chi connectivity index (χ3n) is 8.42. The number of sulfonamides is 1. The van der Waals surface area contributed by atoms with E-state index in [1.54, 1.807) is 36.4 Å². The molecule has 0 aromatic heterocycles. The highest BCUT2D eigenvalue weighted by molar-refractivity contribution is 7.92. The Morgan fingerprint density at radius 3 is 1.82 bits per heavy atom. The molecule has 0 aliphatic rings. The second-order valence-corrected chi connectivity index (χ2v) is 14.9. The van der Waals surface area contributed by atoms with E-state index in [0.717, 1.165) is 26.6 Å². The number of benzene rings is 5. The van der Waals surface area contributed by atoms with Gasteiger partial charge in [0.25, 0.3) is 10.0 Å². The Bertz CT molecular complexity index is 1980. The molecule has 51 heavy (non-hydrogen) atoms. The number of carbonyl (C=O) groups excluding carboxylic acids is 2. The number of nitrogens with one attached hydrogen (secondary N) is 1. The zero-order valence-corrected chi connectivity index (χ0v) is 30.3. The molecule has 5 rings (SSSR count). The lowest BCUT2D eigenvalue weighted by Crippen LogP contribution is -2.53. The van der Waals surface area contributed by atoms with Crippen molar-refractivity contribution < 1.29 is 22.7 Å². The molecule has 2 amide bonds. The molecule has 1 N–H and O–H groups in total. The number of hydrogen-bond acceptors (Lipinski definition) is 5. The van der Waals surface area contributed by atoms with Gasteiger partial charge in [-0.15, -0.1) is 0 Å². The van der Waals surface area contributed by atoms with E-state index >= 15 is 0 Å². The number of aryl methyl sites for hydroxylation is 2. The molecule has 0 spiro atoms. The summed E-state index contributed by atoms with van der Waals surface area (Å²) in [6.07, 6.45) is 0.249. The molecular formula is C42H45N3O5S. The van der Waals surface area contributed by atoms with Crippen LogP contribution in [0.25, 0.3) is 0 Å². The van der Waals surface area contributed by atoms with Crippen LogP contribution in [0.4, 0.5) is 5.69 Å². The minimum atomic E-state index is -4.23. The zero-order chi connectivity index (χ0) is 36.4. The van der Waals surface area contributed by atoms with Gasteiger partial charge >= 0.3 is 0 Å². The monoisotopic (exact) mass is 703 g/mol. The van der Waals surface area contributed by atoms with Crippen molar-refractivity contribution in [3.05, 3.63) is 156 Å². The van der Waals surface area contributed by atoms with Gasteiger partial charge in [-0.05, 0) is 79.4 Å². The number of amides is 2. The van der Waals surface area contributed by atoms with E-state index in [1.807, 2.05) is 113 Å². The van der Waals surface area contributed by atoms with Gasteiger partial charge in [-0.25, -0.2) is 8.42 Å². The third kappa shape index (κ3) is 10.1. The SMILES string of the molecule is Cc1ccc(CN(C(=O)CN(c2ccc(Oc3ccccc3)cc2)S(=O)(=O)c2ccc(C)cc2)[C@H](Cc2ccccc2)C(=O)NCC(C)C)cc1. The molecule has 8 nitrogen and oxygen atoms in total. The lowest BCUT2D eigenvalue weighted by atomic mass is 10.0. The number of para-hydroxylation sites is 1. The van der Waals surface area contributed by atoms with Gasteiger partial charge < -0.3 is 15.0 Å². The van der Waals surface area contributed by atoms with Crippen molar-refractivity contribution >= 4 is 27.5 Å². The molecule has 5 aromatic carbocycles. The van der Waals surface area contributed by atoms with Crippen molar-refractivity contribution in [2.75, 3.05) is 17.4 Å². The number of nitrogens with zero attached hydrogens (tertiary/aromatic N) is 2. The molecular weight excluding hydrogens is 659 g/mol. The lowest BCUT2D eigenvalue weighted by molar-refractivity contribution is -0.140. The maximum absolute atomic E-state index is 14.7. The van der Waals surface area contributed by atoms with E-state index in [-0.39, 0.29) is 35.4 Å². The summed E-state index contributed by atoms with van der Waals surface area (Å²) >= 11 is 0. The van der Waals surface area contributed by atoms with Crippen LogP contribution in [0.1, 0.15) is 36.1 Å². The van der Waals surface area contributed by atoms with Crippen LogP contribution in [-0.4, -0.2) is 44.3 Å². The molecule has 0 heterocycles. The molecule has 5 aromatic rings. The van der Waals surface area contributed by atoms with E-state index in [4.69, 9.17) is 4.74 Å². The topological polar surface area (TPSA) is 96.0 Å². The van der Waals surface area contributed by atoms with Crippen molar-refractivity contribution in [2.24, 2.45) is 5.92 Å². The Hall–Kier alpha value is -5.41. The maximum Gasteiger partial charge on any atom is 0.264 e. The average molecular weight is 704 g/mol. The predicted octanol–water partition coefficient (Wildman–Crippen LogP) is 7.70. The highest BCUT2D eigenvalue weighted by atomic mass is 32.2. The highest BCUT2D eigenvalue weighted by Crippen LogP contribution is 2.29. The van der Waals surface area contributed by atoms with E-state index in [2.05, 4.69) is 5.32 Å². The highest BCUT2D eigenvalue weighted by Gasteiger charge is 2.34. The van der Waals surface area contributed by atoms with Gasteiger partial charge in [0.15, 0.2) is 0 Å². The molecule has 0 aliphatic carbocycles. The van der Waals surface area contributed by atoms with Gasteiger partial charge in [0.2, 0.25) is 11.8 Å². The summed E-state index contributed by atoms with van der Waals surface area (Å²) < 4.78 is 35.8. The molecule has 0 saturated heterocycles. The number of ether oxygens (including phenoxy) is 1. The van der Waals surface area contributed by atoms with Crippen LogP contribution in [0.15, 0.2) is 138 Å². The molecule has 0 fully saturated rings. The van der Waals surface area contributed by atoms with Gasteiger partial charge in [-0.3, -0.25) is 13.9 Å². The number of rotatable bonds is 15. The fourth-order valence-corrected chi connectivity index (χ4v) is 6.95. The summed E-state index contributed by atoms with van der Waals surface area (Å²) in [5.41, 5.74) is 3.94. The smallest absolute Gasteiger partial charge is 0.264 e. The molecule has 264 valence electrons. The average Bonchev–Trinajstić information content (AvgIpc) is 3.13. The van der Waals surface area contributed by atoms with E-state index in [9.17, 15) is 18.0 Å². The summed E-state index contributed by atoms with van der Waals surface area (Å²) in [5, 5.41) is 3.03. The van der Waals surface area contributed by atoms with Crippen LogP contribution in [0.5, 0.6) is 11.5 Å². The molecule has 0 saturated carbocycles. The number of hydrogen-bond donors (Lipinski definition) is 1. The Morgan fingerprint density at radius 1 is 0.686 bits per heavy atom. The molecule has 0 unspecified atom stereocenters. The first-order valence-electron chi connectivity index (χ1n) is 17.1. The fourth-order valence-electron chi connectivity index (χ4n) is 5.54. The summed E-state index contributed by atoms with van der Waals surface area (Å²) in [6.45, 7) is 7.87. The minimum absolute atomic E-state index is 0.0473. The summed E-state index contributed by atoms with van der Waals surface area (Å²) in [6, 6.07) is 38.8. The molecule has 9 heteroatoms. The number of anilines is 1. The zero-order valence-electron chi connectivity index (χ0n) is 29.5. The third-order valence-corrected chi connectivity index (χ3v) is 10.2. The van der Waals surface area contributed by atoms with Crippen molar-refractivity contribution in [3.8, 4) is 11.5 Å². The van der Waals surface area contributed by atoms with Crippen molar-refractivity contribution in [1.82, 2.24) is 10.2 Å². The van der Waals surface area contributed by atoms with E-state index in [1.165, 1.54) is 17.0 Å². The van der Waals surface area contributed by atoms with Crippen LogP contribution in [0, 0.1) is 19.8 Å². The van der Waals surface area contributed by atoms with E-state index < -0.39 is 28.5 Å². The Morgan fingerprint density at radius 2 is 1.24 bits per heavy atom. The van der Waals surface area contributed by atoms with Gasteiger partial charge in [0, 0.05) is 19.5 Å². The molecule has 1 atom stereocenters. The van der Waals surface area contributed by atoms with Gasteiger partial charge in [0.05, 0.1) is 10.6 Å². The van der Waals surface area contributed by atoms with Crippen LogP contribution < -0.4 is 14.4 Å². The number of carbonyl (C=O) groups is 2. The predicted molar refractivity (Wildman–Crippen MR) is 202 cm³/mol. The minimum Gasteiger partial charge on any atom is -0.457 e. The van der Waals surface area contributed by atoms with Gasteiger partial charge in [0.1, 0.15) is 24.1 Å². The Kier molecular flexibility index (Phi) is 12.3. The van der Waals surface area contributed by atoms with E-state index in [0.29, 0.717) is 18.0 Å². The van der Waals surface area contributed by atoms with Crippen LogP contribution in [0.3, 0.4) is 0 Å². The van der Waals surface area contributed by atoms with Crippen molar-refractivity contribution in [2.45, 2.75) is 51.6 Å². The van der Waals surface area contributed by atoms with Gasteiger partial charge in [-0.2, -0.15) is 0 Å². The van der Waals surface area contributed by atoms with Crippen molar-refractivity contribution in [1.29, 1.82) is 0 Å². The standard InChI is InChI=1S/C42H45N3O5S/c1-31(2)28-43-42(47)40(27-34-11-7-5-8-12-34)44(29-35-19-15-32(3)16-20-35)41(46)30-45(51(48,49)39-25-17-33(4)18-26-39)36-21-23-38(24-22-36)50-37-13-9-6-10-14-37/h5-26,31,40H,27-30H2,1-4H3,(H,43,47)/t40-/m1/s1. The van der Waals surface area contributed by atoms with Crippen LogP contribution >= 0.6 is 0 Å². The normalized spacial score (nSPS) is 11.9. The Balaban J connectivity index is 1.55. The maximum atomic E-state index is 14.7. The van der Waals surface area contributed by atoms with Crippen LogP contribution in [-0.2, 0) is 32.6 Å². The lowest BCUT2D eigenvalue weighted by Gasteiger charge is -2.34. The van der Waals surface area contributed by atoms with Crippen LogP contribution in [0.2, 0.25) is 0 Å². The fraction of sp³-hybridized carbons (Fsp3) is 0.238. The summed E-state index contributed by atoms with van der Waals surface area (Å²) in [5.74, 6) is 0.516. The molecule has 0 bridgehead atoms. The largest absolute Gasteiger partial charge is 0.457 e. The second-order valence-electron chi connectivity index (χ2n) is 13.1. The van der Waals surface area contributed by atoms with Gasteiger partial charge in [-0.1, -0.05) is 110 Å². The molecule has 0 radical (unpaired) electrons. The quantitative estimate of drug-likeness (QED) is 0.121. The Labute approximate surface area is 301 Å². The first-order valence-corrected chi connectivity index (χ1v) is 18.5. The summed E-state index contributed by atoms with van der Waals surface area (Å²) in [7, 11) is -4.23. The molecule has 0 aliphatic heterocycles. The van der Waals surface area contributed by atoms with Crippen molar-refractivity contribution in [3.63, 3.8) is 0 Å². The first kappa shape index (κ1) is 36.9. The summed E-state index contributed by atoms with van der Waals surface area (Å²) in [4.78, 5) is 30.3. The first-order chi connectivity index (χ1) is 24.5. The second kappa shape index (κ2) is 17.0.